The van der Waals surface area contributed by atoms with Crippen molar-refractivity contribution < 1.29 is 5.11 Å². The van der Waals surface area contributed by atoms with E-state index in [1.165, 1.54) is 6.54 Å². The molecule has 1 aromatic carbocycles. The Morgan fingerprint density at radius 1 is 1.43 bits per heavy atom. The average Bonchev–Trinajstić information content (AvgIpc) is 2.25. The van der Waals surface area contributed by atoms with E-state index in [4.69, 9.17) is 5.53 Å². The Morgan fingerprint density at radius 2 is 2.14 bits per heavy atom. The molecule has 1 rings (SSSR count). The van der Waals surface area contributed by atoms with Gasteiger partial charge >= 0.3 is 0 Å². The highest BCUT2D eigenvalue weighted by molar-refractivity contribution is 5.25. The summed E-state index contributed by atoms with van der Waals surface area (Å²) < 4.78 is 0. The van der Waals surface area contributed by atoms with Gasteiger partial charge in [-0.15, -0.1) is 0 Å². The zero-order valence-electron chi connectivity index (χ0n) is 7.67. The van der Waals surface area contributed by atoms with Crippen LogP contribution in [0.15, 0.2) is 35.4 Å². The highest BCUT2D eigenvalue weighted by atomic mass is 16.3. The first-order valence-corrected chi connectivity index (χ1v) is 4.30. The predicted molar refractivity (Wildman–Crippen MR) is 53.4 cm³/mol. The maximum absolute atomic E-state index is 9.58. The lowest BCUT2D eigenvalue weighted by Gasteiger charge is -2.07. The molecule has 0 saturated heterocycles. The first-order chi connectivity index (χ1) is 6.84. The molecule has 2 radical (unpaired) electrons. The molecule has 14 heavy (non-hydrogen) atoms. The molecule has 0 aliphatic carbocycles. The summed E-state index contributed by atoms with van der Waals surface area (Å²) in [4.78, 5) is 2.58. The lowest BCUT2D eigenvalue weighted by molar-refractivity contribution is 0.312. The van der Waals surface area contributed by atoms with Crippen LogP contribution in [0.5, 0.6) is 0 Å². The van der Waals surface area contributed by atoms with Gasteiger partial charge < -0.3 is 5.11 Å². The van der Waals surface area contributed by atoms with Crippen LogP contribution in [-0.4, -0.2) is 5.11 Å². The summed E-state index contributed by atoms with van der Waals surface area (Å²) in [7, 11) is 0. The lowest BCUT2D eigenvalue weighted by Crippen LogP contribution is -1.97. The van der Waals surface area contributed by atoms with Gasteiger partial charge in [-0.3, -0.25) is 0 Å². The topological polar surface area (TPSA) is 69.0 Å². The molecule has 0 unspecified atom stereocenters. The predicted octanol–water partition coefficient (Wildman–Crippen LogP) is 3.19. The van der Waals surface area contributed by atoms with Gasteiger partial charge in [0.25, 0.3) is 0 Å². The second kappa shape index (κ2) is 6.02. The quantitative estimate of drug-likeness (QED) is 0.328. The maximum atomic E-state index is 9.58. The third-order valence-corrected chi connectivity index (χ3v) is 1.75. The molecule has 0 aromatic heterocycles. The van der Waals surface area contributed by atoms with E-state index in [1.54, 1.807) is 0 Å². The van der Waals surface area contributed by atoms with Gasteiger partial charge in [0.15, 0.2) is 0 Å². The summed E-state index contributed by atoms with van der Waals surface area (Å²) in [5.74, 6) is 0. The summed E-state index contributed by atoms with van der Waals surface area (Å²) in [6, 6.07) is 9.29. The van der Waals surface area contributed by atoms with Gasteiger partial charge in [-0.05, 0) is 23.9 Å². The molecule has 0 amide bonds. The standard InChI is InChI=1S/C10H11N3O/c11-13-12-8-4-7-10(14)9-5-2-1-3-6-9/h1-3,5-6,8,14H,4,7H2. The van der Waals surface area contributed by atoms with Gasteiger partial charge in [-0.1, -0.05) is 35.4 Å². The molecule has 0 aliphatic rings. The zero-order valence-corrected chi connectivity index (χ0v) is 7.67. The number of benzene rings is 1. The molecule has 72 valence electrons. The largest absolute Gasteiger partial charge is 0.382 e. The van der Waals surface area contributed by atoms with E-state index < -0.39 is 0 Å². The molecule has 4 heteroatoms. The summed E-state index contributed by atoms with van der Waals surface area (Å²) in [6.45, 7) is 1.44. The van der Waals surface area contributed by atoms with Gasteiger partial charge in [-0.2, -0.15) is 0 Å². The van der Waals surface area contributed by atoms with Crippen molar-refractivity contribution in [2.24, 2.45) is 5.11 Å². The number of aliphatic hydroxyl groups excluding tert-OH is 1. The highest BCUT2D eigenvalue weighted by Gasteiger charge is 2.06. The van der Waals surface area contributed by atoms with E-state index in [2.05, 4.69) is 10.0 Å². The highest BCUT2D eigenvalue weighted by Crippen LogP contribution is 2.17. The first kappa shape index (κ1) is 10.6. The van der Waals surface area contributed by atoms with Crippen molar-refractivity contribution in [2.75, 3.05) is 0 Å². The lowest BCUT2D eigenvalue weighted by atomic mass is 10.1. The fourth-order valence-electron chi connectivity index (χ4n) is 1.07. The van der Waals surface area contributed by atoms with Crippen LogP contribution >= 0.6 is 0 Å². The van der Waals surface area contributed by atoms with E-state index >= 15 is 0 Å². The molecule has 1 aromatic rings. The summed E-state index contributed by atoms with van der Waals surface area (Å²) in [5, 5.41) is 12.9. The van der Waals surface area contributed by atoms with Crippen LogP contribution in [0.4, 0.5) is 0 Å². The molecule has 0 fully saturated rings. The van der Waals surface area contributed by atoms with Gasteiger partial charge in [0, 0.05) is 11.5 Å². The van der Waals surface area contributed by atoms with Crippen LogP contribution in [0.25, 0.3) is 10.4 Å². The van der Waals surface area contributed by atoms with Gasteiger partial charge in [0.05, 0.1) is 0 Å². The van der Waals surface area contributed by atoms with Crippen molar-refractivity contribution in [2.45, 2.75) is 12.8 Å². The molecular weight excluding hydrogens is 178 g/mol. The zero-order chi connectivity index (χ0) is 10.2. The van der Waals surface area contributed by atoms with E-state index in [0.29, 0.717) is 18.9 Å². The van der Waals surface area contributed by atoms with E-state index in [0.717, 1.165) is 5.56 Å². The van der Waals surface area contributed by atoms with Crippen LogP contribution in [0.1, 0.15) is 18.4 Å². The minimum absolute atomic E-state index is 0.315. The number of hydrogen-bond donors (Lipinski definition) is 1. The summed E-state index contributed by atoms with van der Waals surface area (Å²) in [6.07, 6.45) is 1.35. The number of azide groups is 1. The van der Waals surface area contributed by atoms with Crippen molar-refractivity contribution >= 4 is 0 Å². The third kappa shape index (κ3) is 3.47. The Hall–Kier alpha value is -1.51. The molecule has 0 heterocycles. The van der Waals surface area contributed by atoms with E-state index in [1.807, 2.05) is 30.3 Å². The third-order valence-electron chi connectivity index (χ3n) is 1.75. The second-order valence-corrected chi connectivity index (χ2v) is 2.74. The Labute approximate surface area is 82.8 Å². The normalized spacial score (nSPS) is 9.86. The summed E-state index contributed by atoms with van der Waals surface area (Å²) >= 11 is 0. The van der Waals surface area contributed by atoms with Crippen LogP contribution < -0.4 is 0 Å². The van der Waals surface area contributed by atoms with Crippen molar-refractivity contribution in [1.29, 1.82) is 0 Å². The van der Waals surface area contributed by atoms with E-state index in [9.17, 15) is 5.11 Å². The monoisotopic (exact) mass is 189 g/mol. The molecular formula is C10H11N3O. The molecule has 0 atom stereocenters. The summed E-state index contributed by atoms with van der Waals surface area (Å²) in [5.41, 5.74) is 8.81. The Bertz CT molecular complexity index is 306. The minimum atomic E-state index is 0.315. The second-order valence-electron chi connectivity index (χ2n) is 2.74. The van der Waals surface area contributed by atoms with Crippen molar-refractivity contribution in [3.8, 4) is 0 Å². The van der Waals surface area contributed by atoms with Crippen molar-refractivity contribution in [1.82, 2.24) is 0 Å². The van der Waals surface area contributed by atoms with Crippen LogP contribution in [-0.2, 0) is 0 Å². The molecule has 0 saturated carbocycles. The molecule has 0 bridgehead atoms. The molecule has 0 spiro atoms. The van der Waals surface area contributed by atoms with Gasteiger partial charge in [-0.25, -0.2) is 0 Å². The number of aliphatic hydroxyl groups is 1. The molecule has 4 nitrogen and oxygen atoms in total. The smallest absolute Gasteiger partial charge is 0.122 e. The molecule has 0 aliphatic heterocycles. The molecule has 1 N–H and O–H groups in total. The minimum Gasteiger partial charge on any atom is -0.382 e. The Morgan fingerprint density at radius 3 is 2.79 bits per heavy atom. The number of hydrogen-bond acceptors (Lipinski definition) is 2. The fraction of sp³-hybridized carbons (Fsp3) is 0.200. The van der Waals surface area contributed by atoms with Crippen LogP contribution in [0.3, 0.4) is 0 Å². The van der Waals surface area contributed by atoms with Gasteiger partial charge in [0.2, 0.25) is 0 Å². The van der Waals surface area contributed by atoms with Gasteiger partial charge in [0.1, 0.15) is 6.10 Å². The van der Waals surface area contributed by atoms with Crippen LogP contribution in [0.2, 0.25) is 0 Å². The fourth-order valence-corrected chi connectivity index (χ4v) is 1.07. The number of nitrogens with zero attached hydrogens (tertiary/aromatic N) is 3. The van der Waals surface area contributed by atoms with E-state index in [-0.39, 0.29) is 0 Å². The van der Waals surface area contributed by atoms with Crippen molar-refractivity contribution in [3.05, 3.63) is 59.0 Å². The number of rotatable bonds is 5. The Kier molecular flexibility index (Phi) is 4.55. The maximum Gasteiger partial charge on any atom is 0.122 e. The SMILES string of the molecule is [N-]=[N+]=N[CH]CC[C](O)c1ccccc1. The average molecular weight is 189 g/mol. The van der Waals surface area contributed by atoms with Crippen molar-refractivity contribution in [3.63, 3.8) is 0 Å². The van der Waals surface area contributed by atoms with Crippen LogP contribution in [0, 0.1) is 12.6 Å². The first-order valence-electron chi connectivity index (χ1n) is 4.30. The Balaban J connectivity index is 2.35.